The number of aromatic nitrogens is 2. The van der Waals surface area contributed by atoms with Crippen molar-refractivity contribution in [2.45, 2.75) is 0 Å². The zero-order valence-corrected chi connectivity index (χ0v) is 10.1. The van der Waals surface area contributed by atoms with Crippen molar-refractivity contribution in [1.29, 1.82) is 0 Å². The Balaban J connectivity index is 2.36. The van der Waals surface area contributed by atoms with E-state index in [1.54, 1.807) is 0 Å². The van der Waals surface area contributed by atoms with Gasteiger partial charge in [0.1, 0.15) is 0 Å². The Kier molecular flexibility index (Phi) is 1.49. The van der Waals surface area contributed by atoms with Gasteiger partial charge in [-0.3, -0.25) is 5.10 Å². The number of benzene rings is 4. The molecule has 5 aromatic rings. The van der Waals surface area contributed by atoms with Crippen molar-refractivity contribution in [2.24, 2.45) is 0 Å². The predicted octanol–water partition coefficient (Wildman–Crippen LogP) is 4.46. The number of fused-ring (bicyclic) bond motifs is 3. The summed E-state index contributed by atoms with van der Waals surface area (Å²) >= 11 is 0. The molecule has 1 N–H and O–H groups in total. The summed E-state index contributed by atoms with van der Waals surface area (Å²) in [6, 6.07) is 17.4. The maximum Gasteiger partial charge on any atom is 0.0735 e. The van der Waals surface area contributed by atoms with E-state index in [-0.39, 0.29) is 0 Å². The molecule has 0 aliphatic heterocycles. The molecule has 88 valence electrons. The first kappa shape index (κ1) is 9.34. The fourth-order valence-corrected chi connectivity index (χ4v) is 3.28. The van der Waals surface area contributed by atoms with Crippen LogP contribution in [0.3, 0.4) is 0 Å². The molecule has 0 spiro atoms. The molecule has 0 saturated carbocycles. The quantitative estimate of drug-likeness (QED) is 0.399. The molecule has 0 radical (unpaired) electrons. The van der Waals surface area contributed by atoms with E-state index in [0.29, 0.717) is 0 Å². The van der Waals surface area contributed by atoms with Crippen molar-refractivity contribution in [3.8, 4) is 0 Å². The van der Waals surface area contributed by atoms with E-state index >= 15 is 0 Å². The summed E-state index contributed by atoms with van der Waals surface area (Å²) in [4.78, 5) is 0. The molecule has 0 saturated heterocycles. The highest BCUT2D eigenvalue weighted by atomic mass is 15.1. The maximum atomic E-state index is 4.24. The molecule has 0 bridgehead atoms. The molecule has 0 atom stereocenters. The third kappa shape index (κ3) is 1.01. The number of rotatable bonds is 0. The number of hydrogen-bond acceptors (Lipinski definition) is 1. The lowest BCUT2D eigenvalue weighted by atomic mass is 9.92. The highest BCUT2D eigenvalue weighted by Gasteiger charge is 2.13. The van der Waals surface area contributed by atoms with Gasteiger partial charge >= 0.3 is 0 Å². The van der Waals surface area contributed by atoms with Gasteiger partial charge in [-0.2, -0.15) is 5.10 Å². The zero-order valence-electron chi connectivity index (χ0n) is 10.1. The Morgan fingerprint density at radius 2 is 1.37 bits per heavy atom. The van der Waals surface area contributed by atoms with Gasteiger partial charge in [0, 0.05) is 10.8 Å². The number of aromatic amines is 1. The fraction of sp³-hybridized carbons (Fsp3) is 0. The molecule has 0 unspecified atom stereocenters. The lowest BCUT2D eigenvalue weighted by molar-refractivity contribution is 1.12. The molecule has 1 heterocycles. The van der Waals surface area contributed by atoms with Gasteiger partial charge in [0.05, 0.1) is 11.7 Å². The van der Waals surface area contributed by atoms with Crippen LogP contribution >= 0.6 is 0 Å². The van der Waals surface area contributed by atoms with Crippen molar-refractivity contribution in [3.05, 3.63) is 54.7 Å². The minimum Gasteiger partial charge on any atom is -0.277 e. The molecule has 0 fully saturated rings. The Bertz CT molecular complexity index is 972. The van der Waals surface area contributed by atoms with Crippen LogP contribution in [0.4, 0.5) is 0 Å². The number of nitrogens with zero attached hydrogens (tertiary/aromatic N) is 1. The lowest BCUT2D eigenvalue weighted by Crippen LogP contribution is -1.85. The van der Waals surface area contributed by atoms with Gasteiger partial charge in [0.2, 0.25) is 0 Å². The topological polar surface area (TPSA) is 28.7 Å². The summed E-state index contributed by atoms with van der Waals surface area (Å²) in [5.74, 6) is 0. The second kappa shape index (κ2) is 3.04. The summed E-state index contributed by atoms with van der Waals surface area (Å²) in [5, 5.41) is 16.4. The first-order valence-corrected chi connectivity index (χ1v) is 6.42. The van der Waals surface area contributed by atoms with E-state index in [1.165, 1.54) is 37.7 Å². The molecule has 1 aromatic heterocycles. The summed E-state index contributed by atoms with van der Waals surface area (Å²) in [5.41, 5.74) is 1.14. The molecule has 0 aliphatic rings. The van der Waals surface area contributed by atoms with E-state index in [2.05, 4.69) is 58.7 Å². The molecule has 0 amide bonds. The van der Waals surface area contributed by atoms with Crippen LogP contribution in [0.1, 0.15) is 0 Å². The first-order chi connectivity index (χ1) is 9.43. The first-order valence-electron chi connectivity index (χ1n) is 6.42. The van der Waals surface area contributed by atoms with Crippen LogP contribution in [0, 0.1) is 0 Å². The second-order valence-electron chi connectivity index (χ2n) is 5.03. The molecular weight excluding hydrogens is 232 g/mol. The normalized spacial score (nSPS) is 12.2. The van der Waals surface area contributed by atoms with Gasteiger partial charge in [-0.15, -0.1) is 0 Å². The number of hydrogen-bond donors (Lipinski definition) is 1. The Labute approximate surface area is 109 Å². The maximum absolute atomic E-state index is 4.24. The van der Waals surface area contributed by atoms with Crippen LogP contribution in [0.15, 0.2) is 54.7 Å². The average Bonchev–Trinajstić information content (AvgIpc) is 2.95. The van der Waals surface area contributed by atoms with Crippen LogP contribution < -0.4 is 0 Å². The third-order valence-electron chi connectivity index (χ3n) is 4.08. The smallest absolute Gasteiger partial charge is 0.0735 e. The predicted molar refractivity (Wildman–Crippen MR) is 79.8 cm³/mol. The van der Waals surface area contributed by atoms with Crippen LogP contribution in [0.25, 0.3) is 43.2 Å². The minimum absolute atomic E-state index is 1.14. The highest BCUT2D eigenvalue weighted by molar-refractivity contribution is 6.32. The highest BCUT2D eigenvalue weighted by Crippen LogP contribution is 2.39. The van der Waals surface area contributed by atoms with Crippen LogP contribution in [0.5, 0.6) is 0 Å². The number of H-pyrrole nitrogens is 1. The van der Waals surface area contributed by atoms with Gasteiger partial charge in [0.15, 0.2) is 0 Å². The zero-order chi connectivity index (χ0) is 12.4. The van der Waals surface area contributed by atoms with Crippen LogP contribution in [-0.2, 0) is 0 Å². The van der Waals surface area contributed by atoms with Gasteiger partial charge in [-0.25, -0.2) is 0 Å². The average molecular weight is 242 g/mol. The van der Waals surface area contributed by atoms with Crippen molar-refractivity contribution in [1.82, 2.24) is 10.2 Å². The van der Waals surface area contributed by atoms with Crippen LogP contribution in [-0.4, -0.2) is 10.2 Å². The van der Waals surface area contributed by atoms with E-state index in [4.69, 9.17) is 0 Å². The van der Waals surface area contributed by atoms with Gasteiger partial charge in [0.25, 0.3) is 0 Å². The van der Waals surface area contributed by atoms with Crippen molar-refractivity contribution < 1.29 is 0 Å². The largest absolute Gasteiger partial charge is 0.277 e. The van der Waals surface area contributed by atoms with E-state index in [1.807, 2.05) is 6.20 Å². The molecule has 5 rings (SSSR count). The standard InChI is InChI=1S/C17H10N2/c1-3-10-7-8-11-4-2-6-13-16(11)15(10)12(5-1)14-9-18-19-17(13)14/h1-9H,(H,18,19). The Morgan fingerprint density at radius 3 is 2.16 bits per heavy atom. The van der Waals surface area contributed by atoms with Gasteiger partial charge in [-0.05, 0) is 26.9 Å². The lowest BCUT2D eigenvalue weighted by Gasteiger charge is -2.11. The Hall–Kier alpha value is -2.61. The Morgan fingerprint density at radius 1 is 0.684 bits per heavy atom. The van der Waals surface area contributed by atoms with Crippen LogP contribution in [0.2, 0.25) is 0 Å². The van der Waals surface area contributed by atoms with Crippen molar-refractivity contribution in [3.63, 3.8) is 0 Å². The second-order valence-corrected chi connectivity index (χ2v) is 5.03. The van der Waals surface area contributed by atoms with E-state index in [9.17, 15) is 0 Å². The summed E-state index contributed by atoms with van der Waals surface area (Å²) < 4.78 is 0. The molecule has 2 nitrogen and oxygen atoms in total. The molecule has 4 aromatic carbocycles. The van der Waals surface area contributed by atoms with Gasteiger partial charge in [-0.1, -0.05) is 48.5 Å². The van der Waals surface area contributed by atoms with Gasteiger partial charge < -0.3 is 0 Å². The summed E-state index contributed by atoms with van der Waals surface area (Å²) in [6.45, 7) is 0. The fourth-order valence-electron chi connectivity index (χ4n) is 3.28. The van der Waals surface area contributed by atoms with E-state index in [0.717, 1.165) is 5.52 Å². The third-order valence-corrected chi connectivity index (χ3v) is 4.08. The minimum atomic E-state index is 1.14. The summed E-state index contributed by atoms with van der Waals surface area (Å²) in [7, 11) is 0. The van der Waals surface area contributed by atoms with Crippen molar-refractivity contribution >= 4 is 43.2 Å². The molecule has 2 heteroatoms. The monoisotopic (exact) mass is 242 g/mol. The van der Waals surface area contributed by atoms with Crippen molar-refractivity contribution in [2.75, 3.05) is 0 Å². The molecular formula is C17H10N2. The molecule has 0 aliphatic carbocycles. The number of nitrogens with one attached hydrogen (secondary N) is 1. The van der Waals surface area contributed by atoms with E-state index < -0.39 is 0 Å². The summed E-state index contributed by atoms with van der Waals surface area (Å²) in [6.07, 6.45) is 1.93. The molecule has 19 heavy (non-hydrogen) atoms. The SMILES string of the molecule is c1cc2ccc3cccc4c5[nH]ncc5c(c1)c2c34.